The quantitative estimate of drug-likeness (QED) is 0.0430. The molecule has 0 radical (unpaired) electrons. The van der Waals surface area contributed by atoms with E-state index in [1.54, 1.807) is 6.92 Å². The molecule has 10 atom stereocenters. The van der Waals surface area contributed by atoms with Gasteiger partial charge in [0.05, 0.1) is 6.10 Å². The lowest BCUT2D eigenvalue weighted by Gasteiger charge is -2.33. The minimum Gasteiger partial charge on any atom is -0.480 e. The molecule has 64 heavy (non-hydrogen) atoms. The van der Waals surface area contributed by atoms with Gasteiger partial charge in [-0.1, -0.05) is 48.0 Å². The number of likely N-dealkylation sites (tertiary alicyclic amines) is 2. The number of aliphatic carboxylic acids is 1. The summed E-state index contributed by atoms with van der Waals surface area (Å²) >= 11 is 0. The van der Waals surface area contributed by atoms with Crippen molar-refractivity contribution >= 4 is 53.2 Å². The zero-order valence-corrected chi connectivity index (χ0v) is 38.7. The third-order valence-electron chi connectivity index (χ3n) is 11.8. The van der Waals surface area contributed by atoms with Crippen molar-refractivity contribution in [2.75, 3.05) is 19.6 Å². The fraction of sp³-hybridized carbons (Fsp3) is 0.791. The van der Waals surface area contributed by atoms with Crippen LogP contribution in [0.5, 0.6) is 0 Å². The van der Waals surface area contributed by atoms with Gasteiger partial charge >= 0.3 is 5.97 Å². The molecule has 0 aromatic carbocycles. The molecule has 0 aromatic rings. The zero-order chi connectivity index (χ0) is 48.4. The molecule has 13 N–H and O–H groups in total. The number of primary amides is 1. The number of carboxylic acid groups (broad SMARTS) is 1. The van der Waals surface area contributed by atoms with E-state index >= 15 is 0 Å². The summed E-state index contributed by atoms with van der Waals surface area (Å²) in [5, 5.41) is 32.9. The first-order valence-corrected chi connectivity index (χ1v) is 22.8. The first kappa shape index (κ1) is 55.2. The van der Waals surface area contributed by atoms with Crippen LogP contribution in [-0.4, -0.2) is 147 Å². The number of amides is 8. The summed E-state index contributed by atoms with van der Waals surface area (Å²) in [6.07, 6.45) is 1.50. The molecule has 0 aromatic heterocycles. The Bertz CT molecular complexity index is 1630. The van der Waals surface area contributed by atoms with E-state index < -0.39 is 114 Å². The first-order valence-electron chi connectivity index (χ1n) is 22.8. The number of carboxylic acids is 1. The molecule has 2 saturated heterocycles. The highest BCUT2D eigenvalue weighted by Crippen LogP contribution is 2.24. The maximum absolute atomic E-state index is 14.3. The SMILES string of the molecule is CC[C@H](C)[C@H](NC(=O)[C@H](CC(C)C)NC(=O)[C@@H](N)[C@@H](C)O)C(=O)N1CCC[C@H]1C(=O)N[C@@H](CCCCN)C(=O)N[C@@H](CCC(N)=O)C(=O)N1CCC[C@H]1C(=O)N[C@@H](CC(C)C)C(=O)O. The Balaban J connectivity index is 2.35. The summed E-state index contributed by atoms with van der Waals surface area (Å²) in [6.45, 7) is 12.9. The maximum atomic E-state index is 14.3. The highest BCUT2D eigenvalue weighted by Gasteiger charge is 2.43. The van der Waals surface area contributed by atoms with Crippen LogP contribution < -0.4 is 43.8 Å². The Labute approximate surface area is 376 Å². The number of nitrogens with zero attached hydrogens (tertiary/aromatic N) is 2. The lowest BCUT2D eigenvalue weighted by molar-refractivity contribution is -0.145. The van der Waals surface area contributed by atoms with Crippen LogP contribution in [0.3, 0.4) is 0 Å². The average molecular weight is 909 g/mol. The summed E-state index contributed by atoms with van der Waals surface area (Å²) in [4.78, 5) is 123. The number of carbonyl (C=O) groups excluding carboxylic acids is 8. The minimum atomic E-state index is -1.34. The number of nitrogens with two attached hydrogens (primary N) is 3. The van der Waals surface area contributed by atoms with Crippen LogP contribution in [0.15, 0.2) is 0 Å². The molecule has 2 rings (SSSR count). The predicted octanol–water partition coefficient (Wildman–Crippen LogP) is -1.28. The number of hydrogen-bond acceptors (Lipinski definition) is 12. The molecule has 0 bridgehead atoms. The van der Waals surface area contributed by atoms with Crippen molar-refractivity contribution in [2.24, 2.45) is 35.0 Å². The van der Waals surface area contributed by atoms with E-state index in [0.717, 1.165) is 0 Å². The molecule has 364 valence electrons. The van der Waals surface area contributed by atoms with Gasteiger partial charge in [0, 0.05) is 19.5 Å². The summed E-state index contributed by atoms with van der Waals surface area (Å²) < 4.78 is 0. The third-order valence-corrected chi connectivity index (χ3v) is 11.8. The zero-order valence-electron chi connectivity index (χ0n) is 38.7. The molecular formula is C43H76N10O11. The molecule has 21 nitrogen and oxygen atoms in total. The number of carbonyl (C=O) groups is 9. The van der Waals surface area contributed by atoms with Gasteiger partial charge in [0.1, 0.15) is 48.3 Å². The van der Waals surface area contributed by atoms with Crippen molar-refractivity contribution in [1.82, 2.24) is 36.4 Å². The molecule has 8 amide bonds. The van der Waals surface area contributed by atoms with Gasteiger partial charge in [0.15, 0.2) is 0 Å². The molecule has 2 aliphatic rings. The Kier molecular flexibility index (Phi) is 23.1. The molecule has 21 heteroatoms. The van der Waals surface area contributed by atoms with E-state index in [1.807, 2.05) is 34.6 Å². The molecule has 0 spiro atoms. The fourth-order valence-corrected chi connectivity index (χ4v) is 7.92. The Morgan fingerprint density at radius 1 is 0.656 bits per heavy atom. The maximum Gasteiger partial charge on any atom is 0.326 e. The van der Waals surface area contributed by atoms with Crippen molar-refractivity contribution in [3.05, 3.63) is 0 Å². The first-order chi connectivity index (χ1) is 30.0. The normalized spacial score (nSPS) is 20.0. The van der Waals surface area contributed by atoms with Crippen molar-refractivity contribution in [2.45, 2.75) is 180 Å². The van der Waals surface area contributed by atoms with Crippen LogP contribution in [0, 0.1) is 17.8 Å². The van der Waals surface area contributed by atoms with Gasteiger partial charge in [-0.3, -0.25) is 38.4 Å². The number of unbranched alkanes of at least 4 members (excludes halogenated alkanes) is 1. The number of aliphatic hydroxyl groups is 1. The van der Waals surface area contributed by atoms with Gasteiger partial charge in [-0.2, -0.15) is 0 Å². The van der Waals surface area contributed by atoms with Crippen LogP contribution in [0.1, 0.15) is 126 Å². The van der Waals surface area contributed by atoms with E-state index in [4.69, 9.17) is 17.2 Å². The molecule has 2 heterocycles. The van der Waals surface area contributed by atoms with Crippen molar-refractivity contribution in [1.29, 1.82) is 0 Å². The van der Waals surface area contributed by atoms with Crippen molar-refractivity contribution < 1.29 is 53.4 Å². The second-order valence-corrected chi connectivity index (χ2v) is 18.1. The average Bonchev–Trinajstić information content (AvgIpc) is 3.93. The fourth-order valence-electron chi connectivity index (χ4n) is 7.92. The lowest BCUT2D eigenvalue weighted by atomic mass is 9.95. The van der Waals surface area contributed by atoms with Crippen LogP contribution in [0.2, 0.25) is 0 Å². The molecule has 0 aliphatic carbocycles. The van der Waals surface area contributed by atoms with E-state index in [9.17, 15) is 53.4 Å². The van der Waals surface area contributed by atoms with Crippen LogP contribution in [-0.2, 0) is 43.2 Å². The van der Waals surface area contributed by atoms with Gasteiger partial charge in [-0.05, 0) is 95.4 Å². The van der Waals surface area contributed by atoms with Gasteiger partial charge in [-0.15, -0.1) is 0 Å². The van der Waals surface area contributed by atoms with Crippen LogP contribution in [0.4, 0.5) is 0 Å². The Morgan fingerprint density at radius 3 is 1.64 bits per heavy atom. The van der Waals surface area contributed by atoms with Crippen LogP contribution >= 0.6 is 0 Å². The summed E-state index contributed by atoms with van der Waals surface area (Å²) in [5.41, 5.74) is 17.0. The number of nitrogens with one attached hydrogen (secondary N) is 5. The van der Waals surface area contributed by atoms with Crippen molar-refractivity contribution in [3.8, 4) is 0 Å². The van der Waals surface area contributed by atoms with Gasteiger partial charge in [0.25, 0.3) is 0 Å². The van der Waals surface area contributed by atoms with Gasteiger partial charge in [0.2, 0.25) is 47.3 Å². The van der Waals surface area contributed by atoms with E-state index in [2.05, 4.69) is 26.6 Å². The summed E-state index contributed by atoms with van der Waals surface area (Å²) in [7, 11) is 0. The van der Waals surface area contributed by atoms with Gasteiger partial charge < -0.3 is 63.8 Å². The smallest absolute Gasteiger partial charge is 0.326 e. The number of rotatable bonds is 27. The third kappa shape index (κ3) is 16.9. The molecule has 2 aliphatic heterocycles. The monoisotopic (exact) mass is 909 g/mol. The lowest BCUT2D eigenvalue weighted by Crippen LogP contribution is -2.61. The Morgan fingerprint density at radius 2 is 1.16 bits per heavy atom. The highest BCUT2D eigenvalue weighted by molar-refractivity contribution is 5.98. The molecule has 2 fully saturated rings. The van der Waals surface area contributed by atoms with E-state index in [1.165, 1.54) is 16.7 Å². The topological polar surface area (TPSA) is 339 Å². The highest BCUT2D eigenvalue weighted by atomic mass is 16.4. The second-order valence-electron chi connectivity index (χ2n) is 18.1. The second kappa shape index (κ2) is 26.8. The largest absolute Gasteiger partial charge is 0.480 e. The van der Waals surface area contributed by atoms with Crippen LogP contribution in [0.25, 0.3) is 0 Å². The molecule has 0 unspecified atom stereocenters. The van der Waals surface area contributed by atoms with E-state index in [0.29, 0.717) is 38.6 Å². The minimum absolute atomic E-state index is 0.0428. The van der Waals surface area contributed by atoms with E-state index in [-0.39, 0.29) is 69.9 Å². The summed E-state index contributed by atoms with van der Waals surface area (Å²) in [5.74, 6) is -7.08. The Hall–Kier alpha value is -4.89. The number of aliphatic hydroxyl groups excluding tert-OH is 1. The molecular weight excluding hydrogens is 833 g/mol. The van der Waals surface area contributed by atoms with Gasteiger partial charge in [-0.25, -0.2) is 4.79 Å². The molecule has 0 saturated carbocycles. The summed E-state index contributed by atoms with van der Waals surface area (Å²) in [6, 6.07) is -9.25. The number of hydrogen-bond donors (Lipinski definition) is 10. The standard InChI is InChI=1S/C43H76N10O11/c1-8-25(6)35(51-37(57)29(21-23(2)3)49-40(60)34(46)26(7)54)42(62)53-20-12-15-32(53)38(58)47-27(13-9-10-18-44)36(56)48-28(16-17-33(45)55)41(61)52-19-11-14-31(52)39(59)50-30(43(63)64)22-24(4)5/h23-32,34-35,54H,8-22,44,46H2,1-7H3,(H2,45,55)(H,47,58)(H,48,56)(H,49,60)(H,50,59)(H,51,57)(H,63,64)/t25-,26+,27-,28-,29-,30-,31-,32-,34-,35-/m0/s1. The predicted molar refractivity (Wildman–Crippen MR) is 236 cm³/mol. The van der Waals surface area contributed by atoms with Crippen molar-refractivity contribution in [3.63, 3.8) is 0 Å².